The summed E-state index contributed by atoms with van der Waals surface area (Å²) in [6, 6.07) is 9.93. The highest BCUT2D eigenvalue weighted by molar-refractivity contribution is 5.65. The van der Waals surface area contributed by atoms with E-state index in [0.29, 0.717) is 25.0 Å². The average molecular weight is 363 g/mol. The van der Waals surface area contributed by atoms with Crippen molar-refractivity contribution in [2.75, 3.05) is 23.8 Å². The van der Waals surface area contributed by atoms with Gasteiger partial charge in [-0.2, -0.15) is 10.1 Å². The number of aryl methyl sites for hydroxylation is 3. The quantitative estimate of drug-likeness (QED) is 0.723. The second-order valence-electron chi connectivity index (χ2n) is 6.55. The molecule has 2 N–H and O–H groups in total. The lowest BCUT2D eigenvalue weighted by molar-refractivity contribution is 0.171. The van der Waals surface area contributed by atoms with Crippen molar-refractivity contribution in [1.29, 1.82) is 0 Å². The summed E-state index contributed by atoms with van der Waals surface area (Å²) < 4.78 is 11.2. The number of aromatic nitrogens is 3. The highest BCUT2D eigenvalue weighted by Gasteiger charge is 2.12. The van der Waals surface area contributed by atoms with E-state index in [-0.39, 0.29) is 0 Å². The van der Waals surface area contributed by atoms with Crippen molar-refractivity contribution in [1.82, 2.24) is 15.2 Å². The van der Waals surface area contributed by atoms with Crippen molar-refractivity contribution in [2.24, 2.45) is 0 Å². The molecule has 0 spiro atoms. The fraction of sp³-hybridized carbons (Fsp3) is 0.250. The van der Waals surface area contributed by atoms with Gasteiger partial charge in [0.05, 0.1) is 6.20 Å². The van der Waals surface area contributed by atoms with Gasteiger partial charge in [-0.1, -0.05) is 17.7 Å². The molecule has 0 radical (unpaired) electrons. The predicted molar refractivity (Wildman–Crippen MR) is 104 cm³/mol. The number of anilines is 4. The van der Waals surface area contributed by atoms with Gasteiger partial charge in [0, 0.05) is 17.4 Å². The maximum Gasteiger partial charge on any atom is 0.249 e. The van der Waals surface area contributed by atoms with E-state index in [4.69, 9.17) is 9.47 Å². The van der Waals surface area contributed by atoms with E-state index in [1.807, 2.05) is 18.2 Å². The Hall–Kier alpha value is -3.35. The van der Waals surface area contributed by atoms with Gasteiger partial charge in [-0.25, -0.2) is 0 Å². The standard InChI is InChI=1S/C20H21N5O2/c1-12-8-13(2)19(14(3)9-12)24-20-23-18(11-21-25-20)22-15-4-5-16-17(10-15)27-7-6-26-16/h4-5,8-11H,6-7H2,1-3H3,(H2,22,23,24,25). The van der Waals surface area contributed by atoms with Crippen molar-refractivity contribution in [3.63, 3.8) is 0 Å². The largest absolute Gasteiger partial charge is 0.486 e. The third-order valence-corrected chi connectivity index (χ3v) is 4.29. The molecule has 138 valence electrons. The maximum atomic E-state index is 5.61. The summed E-state index contributed by atoms with van der Waals surface area (Å²) in [5.41, 5.74) is 5.35. The van der Waals surface area contributed by atoms with Gasteiger partial charge in [0.2, 0.25) is 5.95 Å². The molecule has 1 aliphatic heterocycles. The SMILES string of the molecule is Cc1cc(C)c(Nc2nncc(Nc3ccc4c(c3)OCCO4)n2)c(C)c1. The van der Waals surface area contributed by atoms with Crippen molar-refractivity contribution in [2.45, 2.75) is 20.8 Å². The van der Waals surface area contributed by atoms with E-state index >= 15 is 0 Å². The minimum atomic E-state index is 0.438. The summed E-state index contributed by atoms with van der Waals surface area (Å²) in [6.07, 6.45) is 1.58. The molecular weight excluding hydrogens is 342 g/mol. The first-order valence-electron chi connectivity index (χ1n) is 8.80. The van der Waals surface area contributed by atoms with E-state index < -0.39 is 0 Å². The summed E-state index contributed by atoms with van der Waals surface area (Å²) >= 11 is 0. The van der Waals surface area contributed by atoms with Crippen LogP contribution in [0, 0.1) is 20.8 Å². The van der Waals surface area contributed by atoms with Crippen molar-refractivity contribution in [3.8, 4) is 11.5 Å². The van der Waals surface area contributed by atoms with Crippen LogP contribution in [0.4, 0.5) is 23.1 Å². The van der Waals surface area contributed by atoms with Gasteiger partial charge >= 0.3 is 0 Å². The van der Waals surface area contributed by atoms with Gasteiger partial charge in [-0.05, 0) is 44.0 Å². The molecule has 0 saturated heterocycles. The highest BCUT2D eigenvalue weighted by Crippen LogP contribution is 2.33. The molecule has 0 unspecified atom stereocenters. The molecule has 2 heterocycles. The number of benzene rings is 2. The van der Waals surface area contributed by atoms with Crippen LogP contribution in [0.1, 0.15) is 16.7 Å². The molecule has 7 nitrogen and oxygen atoms in total. The van der Waals surface area contributed by atoms with Crippen LogP contribution in [0.25, 0.3) is 0 Å². The zero-order valence-electron chi connectivity index (χ0n) is 15.5. The molecule has 4 rings (SSSR count). The first-order chi connectivity index (χ1) is 13.1. The van der Waals surface area contributed by atoms with Gasteiger partial charge in [0.1, 0.15) is 13.2 Å². The Morgan fingerprint density at radius 1 is 0.889 bits per heavy atom. The van der Waals surface area contributed by atoms with Crippen molar-refractivity contribution >= 4 is 23.1 Å². The lowest BCUT2D eigenvalue weighted by Crippen LogP contribution is -2.15. The molecule has 0 amide bonds. The highest BCUT2D eigenvalue weighted by atomic mass is 16.6. The van der Waals surface area contributed by atoms with Crippen molar-refractivity contribution < 1.29 is 9.47 Å². The zero-order valence-corrected chi connectivity index (χ0v) is 15.5. The van der Waals surface area contributed by atoms with Crippen LogP contribution in [0.3, 0.4) is 0 Å². The zero-order chi connectivity index (χ0) is 18.8. The van der Waals surface area contributed by atoms with E-state index in [1.54, 1.807) is 6.20 Å². The Balaban J connectivity index is 1.55. The monoisotopic (exact) mass is 363 g/mol. The Kier molecular flexibility index (Phi) is 4.50. The van der Waals surface area contributed by atoms with Crippen LogP contribution in [0.2, 0.25) is 0 Å². The van der Waals surface area contributed by atoms with Gasteiger partial charge in [-0.15, -0.1) is 5.10 Å². The number of nitrogens with one attached hydrogen (secondary N) is 2. The van der Waals surface area contributed by atoms with E-state index in [2.05, 4.69) is 58.7 Å². The third-order valence-electron chi connectivity index (χ3n) is 4.29. The number of ether oxygens (including phenoxy) is 2. The molecule has 1 aromatic heterocycles. The molecule has 2 aromatic carbocycles. The smallest absolute Gasteiger partial charge is 0.249 e. The lowest BCUT2D eigenvalue weighted by atomic mass is 10.1. The lowest BCUT2D eigenvalue weighted by Gasteiger charge is -2.19. The average Bonchev–Trinajstić information content (AvgIpc) is 2.65. The first-order valence-corrected chi connectivity index (χ1v) is 8.80. The second kappa shape index (κ2) is 7.11. The summed E-state index contributed by atoms with van der Waals surface area (Å²) in [4.78, 5) is 4.51. The third kappa shape index (κ3) is 3.76. The Morgan fingerprint density at radius 3 is 2.41 bits per heavy atom. The molecule has 0 atom stereocenters. The topological polar surface area (TPSA) is 81.2 Å². The fourth-order valence-electron chi connectivity index (χ4n) is 3.17. The minimum Gasteiger partial charge on any atom is -0.486 e. The van der Waals surface area contributed by atoms with Crippen LogP contribution >= 0.6 is 0 Å². The molecule has 0 fully saturated rings. The van der Waals surface area contributed by atoms with E-state index in [0.717, 1.165) is 34.0 Å². The van der Waals surface area contributed by atoms with Crippen LogP contribution in [-0.2, 0) is 0 Å². The first kappa shape index (κ1) is 17.1. The van der Waals surface area contributed by atoms with Crippen LogP contribution < -0.4 is 20.1 Å². The van der Waals surface area contributed by atoms with E-state index in [9.17, 15) is 0 Å². The number of nitrogens with zero attached hydrogens (tertiary/aromatic N) is 3. The Labute approximate surface area is 157 Å². The number of hydrogen-bond acceptors (Lipinski definition) is 7. The van der Waals surface area contributed by atoms with Gasteiger partial charge in [-0.3, -0.25) is 0 Å². The van der Waals surface area contributed by atoms with Crippen LogP contribution in [-0.4, -0.2) is 28.4 Å². The Bertz CT molecular complexity index is 967. The molecule has 0 saturated carbocycles. The number of hydrogen-bond donors (Lipinski definition) is 2. The van der Waals surface area contributed by atoms with Gasteiger partial charge in [0.25, 0.3) is 0 Å². The molecule has 27 heavy (non-hydrogen) atoms. The summed E-state index contributed by atoms with van der Waals surface area (Å²) in [6.45, 7) is 7.33. The molecule has 3 aromatic rings. The normalized spacial score (nSPS) is 12.6. The van der Waals surface area contributed by atoms with Gasteiger partial charge < -0.3 is 20.1 Å². The number of fused-ring (bicyclic) bond motifs is 1. The molecule has 7 heteroatoms. The second-order valence-corrected chi connectivity index (χ2v) is 6.55. The molecule has 0 bridgehead atoms. The predicted octanol–water partition coefficient (Wildman–Crippen LogP) is 4.06. The summed E-state index contributed by atoms with van der Waals surface area (Å²) in [5.74, 6) is 2.50. The van der Waals surface area contributed by atoms with E-state index in [1.165, 1.54) is 5.56 Å². The number of rotatable bonds is 4. The summed E-state index contributed by atoms with van der Waals surface area (Å²) in [7, 11) is 0. The maximum absolute atomic E-state index is 5.61. The molecular formula is C20H21N5O2. The van der Waals surface area contributed by atoms with Gasteiger partial charge in [0.15, 0.2) is 17.3 Å². The molecule has 1 aliphatic rings. The fourth-order valence-corrected chi connectivity index (χ4v) is 3.17. The minimum absolute atomic E-state index is 0.438. The van der Waals surface area contributed by atoms with Crippen molar-refractivity contribution in [3.05, 3.63) is 53.2 Å². The van der Waals surface area contributed by atoms with Crippen LogP contribution in [0.15, 0.2) is 36.5 Å². The molecule has 0 aliphatic carbocycles. The summed E-state index contributed by atoms with van der Waals surface area (Å²) in [5, 5.41) is 14.6. The van der Waals surface area contributed by atoms with Crippen LogP contribution in [0.5, 0.6) is 11.5 Å². The Morgan fingerprint density at radius 2 is 1.63 bits per heavy atom.